The van der Waals surface area contributed by atoms with Gasteiger partial charge in [0.15, 0.2) is 11.5 Å². The van der Waals surface area contributed by atoms with Crippen LogP contribution in [0.3, 0.4) is 0 Å². The van der Waals surface area contributed by atoms with Crippen LogP contribution in [0.2, 0.25) is 0 Å². The Hall–Kier alpha value is -2.36. The van der Waals surface area contributed by atoms with Crippen LogP contribution in [0, 0.1) is 13.8 Å². The molecule has 4 nitrogen and oxygen atoms in total. The van der Waals surface area contributed by atoms with E-state index in [0.717, 1.165) is 11.3 Å². The van der Waals surface area contributed by atoms with Gasteiger partial charge in [0, 0.05) is 23.9 Å². The molecule has 1 aliphatic rings. The van der Waals surface area contributed by atoms with Gasteiger partial charge in [0.25, 0.3) is 0 Å². The summed E-state index contributed by atoms with van der Waals surface area (Å²) in [5, 5.41) is 13.3. The number of rotatable bonds is 3. The molecule has 0 bridgehead atoms. The fraction of sp³-hybridized carbons (Fsp3) is 0.250. The molecule has 2 N–H and O–H groups in total. The molecule has 0 unspecified atom stereocenters. The zero-order valence-corrected chi connectivity index (χ0v) is 11.6. The number of phenols is 1. The van der Waals surface area contributed by atoms with E-state index < -0.39 is 0 Å². The van der Waals surface area contributed by atoms with Crippen molar-refractivity contribution in [2.75, 3.05) is 12.1 Å². The number of fused-ring (bicyclic) bond motifs is 1. The number of nitrogens with one attached hydrogen (secondary N) is 1. The smallest absolute Gasteiger partial charge is 0.231 e. The van der Waals surface area contributed by atoms with E-state index in [9.17, 15) is 5.11 Å². The second-order valence-electron chi connectivity index (χ2n) is 5.01. The van der Waals surface area contributed by atoms with E-state index in [1.165, 1.54) is 11.1 Å². The molecule has 104 valence electrons. The molecule has 0 spiro atoms. The van der Waals surface area contributed by atoms with Gasteiger partial charge >= 0.3 is 0 Å². The second-order valence-corrected chi connectivity index (χ2v) is 5.01. The highest BCUT2D eigenvalue weighted by molar-refractivity contribution is 5.55. The van der Waals surface area contributed by atoms with Gasteiger partial charge in [-0.05, 0) is 31.5 Å². The maximum atomic E-state index is 9.99. The molecular formula is C16H17NO3. The van der Waals surface area contributed by atoms with Crippen molar-refractivity contribution in [3.8, 4) is 17.2 Å². The minimum atomic E-state index is 0.211. The minimum absolute atomic E-state index is 0.211. The highest BCUT2D eigenvalue weighted by atomic mass is 16.7. The summed E-state index contributed by atoms with van der Waals surface area (Å²) in [5.74, 6) is 1.49. The topological polar surface area (TPSA) is 50.7 Å². The Morgan fingerprint density at radius 1 is 1.10 bits per heavy atom. The van der Waals surface area contributed by atoms with Gasteiger partial charge in [-0.3, -0.25) is 0 Å². The first-order valence-electron chi connectivity index (χ1n) is 6.56. The molecule has 2 aromatic rings. The number of aromatic hydroxyl groups is 1. The Morgan fingerprint density at radius 3 is 2.60 bits per heavy atom. The van der Waals surface area contributed by atoms with Crippen molar-refractivity contribution < 1.29 is 14.6 Å². The molecule has 0 saturated carbocycles. The van der Waals surface area contributed by atoms with Crippen LogP contribution in [0.15, 0.2) is 30.3 Å². The third-order valence-electron chi connectivity index (χ3n) is 3.43. The van der Waals surface area contributed by atoms with E-state index in [4.69, 9.17) is 9.47 Å². The minimum Gasteiger partial charge on any atom is -0.507 e. The third kappa shape index (κ3) is 2.37. The Morgan fingerprint density at radius 2 is 1.85 bits per heavy atom. The lowest BCUT2D eigenvalue weighted by atomic mass is 10.1. The highest BCUT2D eigenvalue weighted by Crippen LogP contribution is 2.37. The molecule has 0 saturated heterocycles. The Labute approximate surface area is 118 Å². The first-order chi connectivity index (χ1) is 9.63. The zero-order chi connectivity index (χ0) is 14.1. The van der Waals surface area contributed by atoms with Crippen molar-refractivity contribution in [1.29, 1.82) is 0 Å². The average Bonchev–Trinajstić information content (AvgIpc) is 2.84. The number of benzene rings is 2. The Bertz CT molecular complexity index is 652. The molecule has 0 fully saturated rings. The highest BCUT2D eigenvalue weighted by Gasteiger charge is 2.16. The SMILES string of the molecule is Cc1ccc(NCc2cc3c(cc2O)OCO3)c(C)c1. The molecule has 0 amide bonds. The van der Waals surface area contributed by atoms with Crippen LogP contribution < -0.4 is 14.8 Å². The van der Waals surface area contributed by atoms with Crippen LogP contribution in [-0.2, 0) is 6.54 Å². The van der Waals surface area contributed by atoms with Crippen LogP contribution in [0.4, 0.5) is 5.69 Å². The summed E-state index contributed by atoms with van der Waals surface area (Å²) < 4.78 is 10.6. The molecule has 0 atom stereocenters. The predicted octanol–water partition coefficient (Wildman–Crippen LogP) is 3.35. The van der Waals surface area contributed by atoms with E-state index in [0.29, 0.717) is 18.0 Å². The lowest BCUT2D eigenvalue weighted by Crippen LogP contribution is -2.01. The van der Waals surface area contributed by atoms with E-state index in [2.05, 4.69) is 37.4 Å². The molecule has 3 rings (SSSR count). The summed E-state index contributed by atoms with van der Waals surface area (Å²) in [6, 6.07) is 9.65. The number of ether oxygens (including phenoxy) is 2. The lowest BCUT2D eigenvalue weighted by Gasteiger charge is -2.12. The quantitative estimate of drug-likeness (QED) is 0.899. The van der Waals surface area contributed by atoms with Crippen LogP contribution >= 0.6 is 0 Å². The molecule has 20 heavy (non-hydrogen) atoms. The number of hydrogen-bond donors (Lipinski definition) is 2. The van der Waals surface area contributed by atoms with Gasteiger partial charge < -0.3 is 19.9 Å². The van der Waals surface area contributed by atoms with Crippen LogP contribution in [0.1, 0.15) is 16.7 Å². The summed E-state index contributed by atoms with van der Waals surface area (Å²) in [4.78, 5) is 0. The van der Waals surface area contributed by atoms with Crippen molar-refractivity contribution >= 4 is 5.69 Å². The van der Waals surface area contributed by atoms with E-state index >= 15 is 0 Å². The molecule has 1 heterocycles. The fourth-order valence-corrected chi connectivity index (χ4v) is 2.32. The van der Waals surface area contributed by atoms with Gasteiger partial charge in [-0.25, -0.2) is 0 Å². The maximum Gasteiger partial charge on any atom is 0.231 e. The molecule has 0 aliphatic carbocycles. The lowest BCUT2D eigenvalue weighted by molar-refractivity contribution is 0.174. The molecular weight excluding hydrogens is 254 g/mol. The van der Waals surface area contributed by atoms with Crippen LogP contribution in [-0.4, -0.2) is 11.9 Å². The van der Waals surface area contributed by atoms with Gasteiger partial charge in [0.2, 0.25) is 6.79 Å². The van der Waals surface area contributed by atoms with Crippen molar-refractivity contribution in [1.82, 2.24) is 0 Å². The van der Waals surface area contributed by atoms with Gasteiger partial charge in [-0.2, -0.15) is 0 Å². The van der Waals surface area contributed by atoms with Crippen molar-refractivity contribution in [3.05, 3.63) is 47.0 Å². The molecule has 2 aromatic carbocycles. The third-order valence-corrected chi connectivity index (χ3v) is 3.43. The first-order valence-corrected chi connectivity index (χ1v) is 6.56. The summed E-state index contributed by atoms with van der Waals surface area (Å²) in [6.45, 7) is 4.88. The van der Waals surface area contributed by atoms with Crippen molar-refractivity contribution in [2.45, 2.75) is 20.4 Å². The van der Waals surface area contributed by atoms with Gasteiger partial charge in [0.1, 0.15) is 5.75 Å². The van der Waals surface area contributed by atoms with Crippen molar-refractivity contribution in [2.24, 2.45) is 0 Å². The first kappa shape index (κ1) is 12.7. The van der Waals surface area contributed by atoms with Crippen LogP contribution in [0.25, 0.3) is 0 Å². The Kier molecular flexibility index (Phi) is 3.14. The summed E-state index contributed by atoms with van der Waals surface area (Å²) in [7, 11) is 0. The molecule has 1 aliphatic heterocycles. The number of hydrogen-bond acceptors (Lipinski definition) is 4. The fourth-order valence-electron chi connectivity index (χ4n) is 2.32. The number of anilines is 1. The molecule has 0 radical (unpaired) electrons. The van der Waals surface area contributed by atoms with E-state index in [1.807, 2.05) is 6.07 Å². The van der Waals surface area contributed by atoms with Gasteiger partial charge in [0.05, 0.1) is 0 Å². The summed E-state index contributed by atoms with van der Waals surface area (Å²) in [6.07, 6.45) is 0. The van der Waals surface area contributed by atoms with E-state index in [1.54, 1.807) is 6.07 Å². The molecule has 4 heteroatoms. The van der Waals surface area contributed by atoms with Gasteiger partial charge in [-0.1, -0.05) is 17.7 Å². The molecule has 0 aromatic heterocycles. The number of phenolic OH excluding ortho intramolecular Hbond substituents is 1. The number of aryl methyl sites for hydroxylation is 2. The van der Waals surface area contributed by atoms with Gasteiger partial charge in [-0.15, -0.1) is 0 Å². The maximum absolute atomic E-state index is 9.99. The van der Waals surface area contributed by atoms with Crippen molar-refractivity contribution in [3.63, 3.8) is 0 Å². The monoisotopic (exact) mass is 271 g/mol. The summed E-state index contributed by atoms with van der Waals surface area (Å²) in [5.41, 5.74) is 4.27. The zero-order valence-electron chi connectivity index (χ0n) is 11.6. The summed E-state index contributed by atoms with van der Waals surface area (Å²) >= 11 is 0. The average molecular weight is 271 g/mol. The largest absolute Gasteiger partial charge is 0.507 e. The van der Waals surface area contributed by atoms with E-state index in [-0.39, 0.29) is 12.5 Å². The predicted molar refractivity (Wildman–Crippen MR) is 77.5 cm³/mol. The Balaban J connectivity index is 1.78. The normalized spacial score (nSPS) is 12.5. The second kappa shape index (κ2) is 4.96. The standard InChI is InChI=1S/C16H17NO3/c1-10-3-4-13(11(2)5-10)17-8-12-6-15-16(7-14(12)18)20-9-19-15/h3-7,17-18H,8-9H2,1-2H3. The van der Waals surface area contributed by atoms with Crippen LogP contribution in [0.5, 0.6) is 17.2 Å².